The number of hydrogen-bond donors (Lipinski definition) is 1. The van der Waals surface area contributed by atoms with Gasteiger partial charge in [-0.1, -0.05) is 44.2 Å². The van der Waals surface area contributed by atoms with Crippen LogP contribution in [-0.2, 0) is 4.79 Å². The van der Waals surface area contributed by atoms with Gasteiger partial charge in [0.05, 0.1) is 5.56 Å². The second-order valence-corrected chi connectivity index (χ2v) is 6.14. The molecule has 124 valence electrons. The third-order valence-corrected chi connectivity index (χ3v) is 4.08. The van der Waals surface area contributed by atoms with E-state index in [2.05, 4.69) is 15.3 Å². The van der Waals surface area contributed by atoms with Gasteiger partial charge in [0.2, 0.25) is 5.91 Å². The van der Waals surface area contributed by atoms with E-state index in [1.807, 2.05) is 44.2 Å². The SMILES string of the molecule is CC(C)[C@H]1C(=O)NCCN1C(=O)c1cnc(-c2ccccc2)nc1. The van der Waals surface area contributed by atoms with Crippen LogP contribution in [0, 0.1) is 5.92 Å². The first-order valence-corrected chi connectivity index (χ1v) is 8.04. The maximum atomic E-state index is 12.8. The van der Waals surface area contributed by atoms with Gasteiger partial charge in [-0.15, -0.1) is 0 Å². The summed E-state index contributed by atoms with van der Waals surface area (Å²) >= 11 is 0. The lowest BCUT2D eigenvalue weighted by Crippen LogP contribution is -2.59. The van der Waals surface area contributed by atoms with Crippen molar-refractivity contribution in [3.8, 4) is 11.4 Å². The molecule has 1 aliphatic rings. The lowest BCUT2D eigenvalue weighted by atomic mass is 9.99. The Morgan fingerprint density at radius 1 is 1.21 bits per heavy atom. The molecule has 2 aromatic rings. The molecule has 1 aromatic carbocycles. The molecule has 1 fully saturated rings. The van der Waals surface area contributed by atoms with Gasteiger partial charge in [0, 0.05) is 31.0 Å². The van der Waals surface area contributed by atoms with Crippen molar-refractivity contribution in [1.82, 2.24) is 20.2 Å². The molecule has 6 heteroatoms. The van der Waals surface area contributed by atoms with Gasteiger partial charge in [0.25, 0.3) is 5.91 Å². The maximum Gasteiger partial charge on any atom is 0.257 e. The van der Waals surface area contributed by atoms with Crippen molar-refractivity contribution in [3.63, 3.8) is 0 Å². The molecule has 2 heterocycles. The van der Waals surface area contributed by atoms with Gasteiger partial charge in [-0.2, -0.15) is 0 Å². The van der Waals surface area contributed by atoms with Crippen LogP contribution >= 0.6 is 0 Å². The summed E-state index contributed by atoms with van der Waals surface area (Å²) in [6.45, 7) is 4.83. The fourth-order valence-corrected chi connectivity index (χ4v) is 2.92. The van der Waals surface area contributed by atoms with Crippen molar-refractivity contribution < 1.29 is 9.59 Å². The number of nitrogens with zero attached hydrogens (tertiary/aromatic N) is 3. The van der Waals surface area contributed by atoms with E-state index in [1.165, 1.54) is 12.4 Å². The van der Waals surface area contributed by atoms with E-state index in [0.29, 0.717) is 24.5 Å². The smallest absolute Gasteiger partial charge is 0.257 e. The van der Waals surface area contributed by atoms with Crippen molar-refractivity contribution in [2.24, 2.45) is 5.92 Å². The summed E-state index contributed by atoms with van der Waals surface area (Å²) in [6, 6.07) is 9.13. The van der Waals surface area contributed by atoms with Crippen molar-refractivity contribution in [3.05, 3.63) is 48.3 Å². The van der Waals surface area contributed by atoms with Crippen LogP contribution in [0.3, 0.4) is 0 Å². The Morgan fingerprint density at radius 3 is 2.50 bits per heavy atom. The molecule has 1 aliphatic heterocycles. The normalized spacial score (nSPS) is 17.7. The van der Waals surface area contributed by atoms with E-state index in [-0.39, 0.29) is 17.7 Å². The number of aromatic nitrogens is 2. The van der Waals surface area contributed by atoms with Crippen LogP contribution in [-0.4, -0.2) is 45.8 Å². The Kier molecular flexibility index (Phi) is 4.55. The minimum atomic E-state index is -0.458. The van der Waals surface area contributed by atoms with Gasteiger partial charge >= 0.3 is 0 Å². The zero-order valence-electron chi connectivity index (χ0n) is 13.8. The fraction of sp³-hybridized carbons (Fsp3) is 0.333. The minimum Gasteiger partial charge on any atom is -0.353 e. The third-order valence-electron chi connectivity index (χ3n) is 4.08. The van der Waals surface area contributed by atoms with E-state index in [1.54, 1.807) is 4.90 Å². The summed E-state index contributed by atoms with van der Waals surface area (Å²) in [7, 11) is 0. The van der Waals surface area contributed by atoms with Crippen LogP contribution in [0.4, 0.5) is 0 Å². The number of hydrogen-bond acceptors (Lipinski definition) is 4. The highest BCUT2D eigenvalue weighted by Gasteiger charge is 2.35. The molecule has 0 radical (unpaired) electrons. The van der Waals surface area contributed by atoms with Gasteiger partial charge in [0.1, 0.15) is 6.04 Å². The molecule has 24 heavy (non-hydrogen) atoms. The molecule has 3 rings (SSSR count). The monoisotopic (exact) mass is 324 g/mol. The van der Waals surface area contributed by atoms with Crippen molar-refractivity contribution >= 4 is 11.8 Å². The topological polar surface area (TPSA) is 75.2 Å². The Labute approximate surface area is 140 Å². The quantitative estimate of drug-likeness (QED) is 0.933. The summed E-state index contributed by atoms with van der Waals surface area (Å²) in [5, 5.41) is 2.82. The number of amides is 2. The summed E-state index contributed by atoms with van der Waals surface area (Å²) in [5.74, 6) is 0.303. The van der Waals surface area contributed by atoms with E-state index in [4.69, 9.17) is 0 Å². The molecule has 1 saturated heterocycles. The zero-order valence-corrected chi connectivity index (χ0v) is 13.8. The van der Waals surface area contributed by atoms with Crippen molar-refractivity contribution in [2.75, 3.05) is 13.1 Å². The van der Waals surface area contributed by atoms with Crippen LogP contribution in [0.15, 0.2) is 42.7 Å². The molecular formula is C18H20N4O2. The Balaban J connectivity index is 1.83. The van der Waals surface area contributed by atoms with Gasteiger partial charge in [-0.3, -0.25) is 9.59 Å². The first kappa shape index (κ1) is 16.1. The predicted octanol–water partition coefficient (Wildman–Crippen LogP) is 1.74. The number of rotatable bonds is 3. The summed E-state index contributed by atoms with van der Waals surface area (Å²) in [6.07, 6.45) is 3.06. The molecule has 1 aromatic heterocycles. The Hall–Kier alpha value is -2.76. The molecule has 0 bridgehead atoms. The van der Waals surface area contributed by atoms with Crippen LogP contribution in [0.5, 0.6) is 0 Å². The van der Waals surface area contributed by atoms with Crippen LogP contribution in [0.2, 0.25) is 0 Å². The lowest BCUT2D eigenvalue weighted by molar-refractivity contribution is -0.129. The number of nitrogens with one attached hydrogen (secondary N) is 1. The molecule has 1 atom stereocenters. The minimum absolute atomic E-state index is 0.0405. The van der Waals surface area contributed by atoms with Gasteiger partial charge in [0.15, 0.2) is 5.82 Å². The van der Waals surface area contributed by atoms with Crippen LogP contribution < -0.4 is 5.32 Å². The largest absolute Gasteiger partial charge is 0.353 e. The number of benzene rings is 1. The van der Waals surface area contributed by atoms with E-state index < -0.39 is 6.04 Å². The molecular weight excluding hydrogens is 304 g/mol. The summed E-state index contributed by atoms with van der Waals surface area (Å²) in [4.78, 5) is 35.1. The first-order chi connectivity index (χ1) is 11.6. The van der Waals surface area contributed by atoms with Gasteiger partial charge < -0.3 is 10.2 Å². The highest BCUT2D eigenvalue weighted by Crippen LogP contribution is 2.18. The molecule has 0 spiro atoms. The average molecular weight is 324 g/mol. The molecule has 0 saturated carbocycles. The lowest BCUT2D eigenvalue weighted by Gasteiger charge is -2.37. The van der Waals surface area contributed by atoms with Crippen LogP contribution in [0.25, 0.3) is 11.4 Å². The first-order valence-electron chi connectivity index (χ1n) is 8.04. The molecule has 6 nitrogen and oxygen atoms in total. The predicted molar refractivity (Wildman–Crippen MR) is 90.1 cm³/mol. The molecule has 0 aliphatic carbocycles. The fourth-order valence-electron chi connectivity index (χ4n) is 2.92. The van der Waals surface area contributed by atoms with Gasteiger partial charge in [-0.05, 0) is 5.92 Å². The highest BCUT2D eigenvalue weighted by molar-refractivity contribution is 5.98. The zero-order chi connectivity index (χ0) is 17.1. The third kappa shape index (κ3) is 3.13. The second kappa shape index (κ2) is 6.78. The number of carbonyl (C=O) groups excluding carboxylic acids is 2. The van der Waals surface area contributed by atoms with E-state index in [9.17, 15) is 9.59 Å². The Bertz CT molecular complexity index is 728. The van der Waals surface area contributed by atoms with Crippen LogP contribution in [0.1, 0.15) is 24.2 Å². The highest BCUT2D eigenvalue weighted by atomic mass is 16.2. The number of piperazine rings is 1. The van der Waals surface area contributed by atoms with E-state index in [0.717, 1.165) is 5.56 Å². The van der Waals surface area contributed by atoms with E-state index >= 15 is 0 Å². The standard InChI is InChI=1S/C18H20N4O2/c1-12(2)15-17(23)19-8-9-22(15)18(24)14-10-20-16(21-11-14)13-6-4-3-5-7-13/h3-7,10-12,15H,8-9H2,1-2H3,(H,19,23)/t15-/m0/s1. The maximum absolute atomic E-state index is 12.8. The summed E-state index contributed by atoms with van der Waals surface area (Å²) < 4.78 is 0. The summed E-state index contributed by atoms with van der Waals surface area (Å²) in [5.41, 5.74) is 1.30. The second-order valence-electron chi connectivity index (χ2n) is 6.14. The van der Waals surface area contributed by atoms with Gasteiger partial charge in [-0.25, -0.2) is 9.97 Å². The van der Waals surface area contributed by atoms with Crippen molar-refractivity contribution in [1.29, 1.82) is 0 Å². The molecule has 1 N–H and O–H groups in total. The molecule has 0 unspecified atom stereocenters. The Morgan fingerprint density at radius 2 is 1.88 bits per heavy atom. The average Bonchev–Trinajstić information content (AvgIpc) is 2.61. The number of carbonyl (C=O) groups is 2. The molecule has 2 amide bonds. The van der Waals surface area contributed by atoms with Crippen molar-refractivity contribution in [2.45, 2.75) is 19.9 Å².